The second-order valence-corrected chi connectivity index (χ2v) is 8.60. The summed E-state index contributed by atoms with van der Waals surface area (Å²) < 4.78 is 42.5. The minimum absolute atomic E-state index is 0.0575. The van der Waals surface area contributed by atoms with E-state index >= 15 is 0 Å². The van der Waals surface area contributed by atoms with Crippen LogP contribution < -0.4 is 0 Å². The zero-order chi connectivity index (χ0) is 21.2. The second kappa shape index (κ2) is 6.72. The van der Waals surface area contributed by atoms with Crippen molar-refractivity contribution in [3.8, 4) is 0 Å². The van der Waals surface area contributed by atoms with Crippen LogP contribution >= 0.6 is 0 Å². The molecule has 0 unspecified atom stereocenters. The van der Waals surface area contributed by atoms with E-state index in [4.69, 9.17) is 0 Å². The highest BCUT2D eigenvalue weighted by molar-refractivity contribution is 5.98. The Hall–Kier alpha value is -2.58. The lowest BCUT2D eigenvalue weighted by atomic mass is 9.91. The van der Waals surface area contributed by atoms with Gasteiger partial charge in [0.15, 0.2) is 5.82 Å². The molecule has 0 spiro atoms. The van der Waals surface area contributed by atoms with Crippen molar-refractivity contribution in [1.29, 1.82) is 0 Å². The van der Waals surface area contributed by atoms with Crippen LogP contribution in [0.25, 0.3) is 11.0 Å². The largest absolute Gasteiger partial charge is 0.418 e. The van der Waals surface area contributed by atoms with Crippen LogP contribution in [-0.4, -0.2) is 56.8 Å². The molecule has 9 heteroatoms. The van der Waals surface area contributed by atoms with Gasteiger partial charge in [-0.25, -0.2) is 4.98 Å². The molecule has 3 fully saturated rings. The molecule has 160 valence electrons. The average Bonchev–Trinajstić information content (AvgIpc) is 3.44. The second-order valence-electron chi connectivity index (χ2n) is 8.60. The number of benzene rings is 1. The van der Waals surface area contributed by atoms with Gasteiger partial charge in [-0.1, -0.05) is 0 Å². The van der Waals surface area contributed by atoms with Crippen molar-refractivity contribution in [3.63, 3.8) is 0 Å². The van der Waals surface area contributed by atoms with E-state index in [1.54, 1.807) is 13.1 Å². The predicted octanol–water partition coefficient (Wildman–Crippen LogP) is 3.31. The quantitative estimate of drug-likeness (QED) is 0.766. The highest BCUT2D eigenvalue weighted by Gasteiger charge is 2.39. The summed E-state index contributed by atoms with van der Waals surface area (Å²) in [4.78, 5) is 32.9. The lowest BCUT2D eigenvalue weighted by Crippen LogP contribution is -2.57. The molecule has 6 nitrogen and oxygen atoms in total. The van der Waals surface area contributed by atoms with Gasteiger partial charge in [0.05, 0.1) is 11.1 Å². The summed E-state index contributed by atoms with van der Waals surface area (Å²) in [6.07, 6.45) is 0.297. The molecule has 5 rings (SSSR count). The maximum atomic E-state index is 13.7. The molecule has 0 atom stereocenters. The molecule has 30 heavy (non-hydrogen) atoms. The van der Waals surface area contributed by atoms with Crippen LogP contribution in [-0.2, 0) is 18.0 Å². The van der Waals surface area contributed by atoms with Crippen molar-refractivity contribution < 1.29 is 22.8 Å². The normalized spacial score (nSPS) is 20.7. The van der Waals surface area contributed by atoms with Gasteiger partial charge in [-0.2, -0.15) is 13.2 Å². The van der Waals surface area contributed by atoms with Crippen molar-refractivity contribution in [2.45, 2.75) is 50.2 Å². The molecule has 3 aliphatic rings. The first-order chi connectivity index (χ1) is 14.2. The van der Waals surface area contributed by atoms with Gasteiger partial charge in [-0.05, 0) is 55.7 Å². The third kappa shape index (κ3) is 3.15. The van der Waals surface area contributed by atoms with Gasteiger partial charge in [-0.15, -0.1) is 0 Å². The van der Waals surface area contributed by atoms with Crippen molar-refractivity contribution in [1.82, 2.24) is 19.4 Å². The number of hydrogen-bond acceptors (Lipinski definition) is 3. The fourth-order valence-electron chi connectivity index (χ4n) is 4.45. The molecule has 2 amide bonds. The summed E-state index contributed by atoms with van der Waals surface area (Å²) in [7, 11) is 1.56. The molecule has 0 bridgehead atoms. The molecule has 2 saturated carbocycles. The van der Waals surface area contributed by atoms with Crippen LogP contribution in [0.3, 0.4) is 0 Å². The first-order valence-electron chi connectivity index (χ1n) is 10.4. The predicted molar refractivity (Wildman–Crippen MR) is 103 cm³/mol. The van der Waals surface area contributed by atoms with E-state index in [-0.39, 0.29) is 35.8 Å². The van der Waals surface area contributed by atoms with Crippen molar-refractivity contribution in [2.24, 2.45) is 7.05 Å². The van der Waals surface area contributed by atoms with E-state index in [9.17, 15) is 22.8 Å². The van der Waals surface area contributed by atoms with E-state index in [0.29, 0.717) is 24.2 Å². The number of imidazole rings is 1. The Morgan fingerprint density at radius 1 is 1.13 bits per heavy atom. The standard InChI is InChI=1S/C21H23F3N4O2/c1-26-16-10-13(12-5-6-12)9-15(21(22,23)24)18(16)25-19(26)20(30)27-7-8-28(17(29)11-27)14-3-2-4-14/h9-10,12,14H,2-8,11H2,1H3. The number of rotatable bonds is 3. The number of amides is 2. The third-order valence-corrected chi connectivity index (χ3v) is 6.61. The number of aromatic nitrogens is 2. The summed E-state index contributed by atoms with van der Waals surface area (Å²) >= 11 is 0. The van der Waals surface area contributed by atoms with Crippen LogP contribution in [0, 0.1) is 0 Å². The number of piperazine rings is 1. The molecular formula is C21H23F3N4O2. The number of halogens is 3. The first kappa shape index (κ1) is 19.4. The summed E-state index contributed by atoms with van der Waals surface area (Å²) in [5.74, 6) is -0.531. The van der Waals surface area contributed by atoms with E-state index in [0.717, 1.165) is 32.1 Å². The fourth-order valence-corrected chi connectivity index (χ4v) is 4.45. The minimum atomic E-state index is -4.55. The Morgan fingerprint density at radius 2 is 1.87 bits per heavy atom. The smallest absolute Gasteiger partial charge is 0.336 e. The Labute approximate surface area is 171 Å². The Kier molecular flexibility index (Phi) is 4.34. The van der Waals surface area contributed by atoms with E-state index in [1.165, 1.54) is 15.5 Å². The molecule has 2 heterocycles. The van der Waals surface area contributed by atoms with Gasteiger partial charge >= 0.3 is 6.18 Å². The maximum Gasteiger partial charge on any atom is 0.418 e. The Bertz CT molecular complexity index is 1040. The van der Waals surface area contributed by atoms with E-state index < -0.39 is 17.6 Å². The van der Waals surface area contributed by atoms with E-state index in [1.807, 2.05) is 4.90 Å². The van der Waals surface area contributed by atoms with Gasteiger partial charge in [0.2, 0.25) is 5.91 Å². The van der Waals surface area contributed by atoms with Crippen molar-refractivity contribution in [2.75, 3.05) is 19.6 Å². The lowest BCUT2D eigenvalue weighted by molar-refractivity contribution is -0.139. The van der Waals surface area contributed by atoms with Crippen LogP contribution in [0.5, 0.6) is 0 Å². The summed E-state index contributed by atoms with van der Waals surface area (Å²) in [6, 6.07) is 3.15. The number of alkyl halides is 3. The highest BCUT2D eigenvalue weighted by Crippen LogP contribution is 2.44. The Morgan fingerprint density at radius 3 is 2.43 bits per heavy atom. The molecule has 2 aliphatic carbocycles. The SMILES string of the molecule is Cn1c(C(=O)N2CCN(C3CCC3)C(=O)C2)nc2c(C(F)(F)F)cc(C3CC3)cc21. The molecule has 1 aromatic carbocycles. The topological polar surface area (TPSA) is 58.4 Å². The number of fused-ring (bicyclic) bond motifs is 1. The number of carbonyl (C=O) groups is 2. The van der Waals surface area contributed by atoms with Gasteiger partial charge in [0.1, 0.15) is 12.1 Å². The van der Waals surface area contributed by atoms with Crippen molar-refractivity contribution >= 4 is 22.8 Å². The van der Waals surface area contributed by atoms with Crippen LogP contribution in [0.15, 0.2) is 12.1 Å². The number of nitrogens with zero attached hydrogens (tertiary/aromatic N) is 4. The van der Waals surface area contributed by atoms with Gasteiger partial charge in [-0.3, -0.25) is 9.59 Å². The number of aryl methyl sites for hydroxylation is 1. The van der Waals surface area contributed by atoms with Crippen LogP contribution in [0.2, 0.25) is 0 Å². The third-order valence-electron chi connectivity index (χ3n) is 6.61. The first-order valence-corrected chi connectivity index (χ1v) is 10.4. The summed E-state index contributed by atoms with van der Waals surface area (Å²) in [5, 5.41) is 0. The molecule has 0 N–H and O–H groups in total. The zero-order valence-corrected chi connectivity index (χ0v) is 16.7. The maximum absolute atomic E-state index is 13.7. The average molecular weight is 420 g/mol. The van der Waals surface area contributed by atoms with Crippen LogP contribution in [0.4, 0.5) is 13.2 Å². The molecule has 2 aromatic rings. The minimum Gasteiger partial charge on any atom is -0.336 e. The molecule has 0 radical (unpaired) electrons. The molecule has 1 aromatic heterocycles. The number of hydrogen-bond donors (Lipinski definition) is 0. The summed E-state index contributed by atoms with van der Waals surface area (Å²) in [6.45, 7) is 0.764. The van der Waals surface area contributed by atoms with Gasteiger partial charge < -0.3 is 14.4 Å². The monoisotopic (exact) mass is 420 g/mol. The van der Waals surface area contributed by atoms with Crippen molar-refractivity contribution in [3.05, 3.63) is 29.1 Å². The fraction of sp³-hybridized carbons (Fsp3) is 0.571. The molecular weight excluding hydrogens is 397 g/mol. The molecule has 1 saturated heterocycles. The number of carbonyl (C=O) groups excluding carboxylic acids is 2. The molecule has 1 aliphatic heterocycles. The highest BCUT2D eigenvalue weighted by atomic mass is 19.4. The zero-order valence-electron chi connectivity index (χ0n) is 16.7. The Balaban J connectivity index is 1.47. The van der Waals surface area contributed by atoms with E-state index in [2.05, 4.69) is 4.98 Å². The van der Waals surface area contributed by atoms with Gasteiger partial charge in [0, 0.05) is 26.2 Å². The lowest BCUT2D eigenvalue weighted by Gasteiger charge is -2.42. The summed E-state index contributed by atoms with van der Waals surface area (Å²) in [5.41, 5.74) is -0.0739. The van der Waals surface area contributed by atoms with Gasteiger partial charge in [0.25, 0.3) is 5.91 Å². The van der Waals surface area contributed by atoms with Crippen LogP contribution in [0.1, 0.15) is 59.8 Å².